The lowest BCUT2D eigenvalue weighted by atomic mass is 10.0. The van der Waals surface area contributed by atoms with E-state index in [1.54, 1.807) is 12.1 Å². The summed E-state index contributed by atoms with van der Waals surface area (Å²) in [4.78, 5) is 10.4. The van der Waals surface area contributed by atoms with E-state index in [1.807, 2.05) is 60.7 Å². The maximum Gasteiger partial charge on any atom is 0.235 e. The zero-order valence-corrected chi connectivity index (χ0v) is 26.4. The molecule has 0 saturated carbocycles. The normalized spacial score (nSPS) is 12.1. The Morgan fingerprint density at radius 1 is 0.460 bits per heavy atom. The van der Waals surface area contributed by atoms with E-state index in [4.69, 9.17) is 18.8 Å². The van der Waals surface area contributed by atoms with Crippen molar-refractivity contribution in [2.24, 2.45) is 0 Å². The molecule has 7 aromatic carbocycles. The number of furan rings is 2. The maximum absolute atomic E-state index is 14.0. The van der Waals surface area contributed by atoms with E-state index in [9.17, 15) is 4.39 Å². The molecule has 0 aliphatic heterocycles. The van der Waals surface area contributed by atoms with Gasteiger partial charge in [-0.15, -0.1) is 0 Å². The molecule has 0 bridgehead atoms. The first-order valence-corrected chi connectivity index (χ1v) is 16.5. The largest absolute Gasteiger partial charge is 0.456 e. The van der Waals surface area contributed by atoms with Gasteiger partial charge >= 0.3 is 0 Å². The van der Waals surface area contributed by atoms with E-state index in [1.165, 1.54) is 12.1 Å². The Hall–Kier alpha value is -6.79. The average molecular weight is 646 g/mol. The Morgan fingerprint density at radius 2 is 1.08 bits per heavy atom. The predicted octanol–water partition coefficient (Wildman–Crippen LogP) is 12.0. The molecular weight excluding hydrogens is 622 g/mol. The molecule has 6 heteroatoms. The van der Waals surface area contributed by atoms with Crippen LogP contribution in [0, 0.1) is 5.82 Å². The lowest BCUT2D eigenvalue weighted by Gasteiger charge is -2.12. The van der Waals surface area contributed by atoms with Gasteiger partial charge in [-0.1, -0.05) is 72.8 Å². The number of halogens is 1. The van der Waals surface area contributed by atoms with Gasteiger partial charge in [0.2, 0.25) is 5.95 Å². The van der Waals surface area contributed by atoms with Crippen molar-refractivity contribution in [3.05, 3.63) is 151 Å². The van der Waals surface area contributed by atoms with Gasteiger partial charge in [-0.05, 0) is 83.9 Å². The summed E-state index contributed by atoms with van der Waals surface area (Å²) in [5, 5.41) is 7.23. The van der Waals surface area contributed by atoms with E-state index < -0.39 is 0 Å². The fraction of sp³-hybridized carbons (Fsp3) is 0. The molecule has 11 rings (SSSR count). The smallest absolute Gasteiger partial charge is 0.235 e. The zero-order chi connectivity index (χ0) is 32.9. The molecule has 0 aliphatic rings. The monoisotopic (exact) mass is 645 g/mol. The predicted molar refractivity (Wildman–Crippen MR) is 199 cm³/mol. The van der Waals surface area contributed by atoms with Crippen LogP contribution in [0.2, 0.25) is 0 Å². The summed E-state index contributed by atoms with van der Waals surface area (Å²) in [5.74, 6) is 0.216. The van der Waals surface area contributed by atoms with Gasteiger partial charge < -0.3 is 8.83 Å². The lowest BCUT2D eigenvalue weighted by Crippen LogP contribution is -2.03. The molecule has 50 heavy (non-hydrogen) atoms. The summed E-state index contributed by atoms with van der Waals surface area (Å²) >= 11 is 0. The molecule has 0 saturated heterocycles. The highest BCUT2D eigenvalue weighted by molar-refractivity contribution is 6.22. The van der Waals surface area contributed by atoms with Crippen LogP contribution in [-0.2, 0) is 0 Å². The SMILES string of the molecule is Fc1ccc(-c2nc(-n3c4ccc(-c5ccc6oc7ccccc7c6c5)cc4c4ccc5c6ccccc6oc5c43)nc3ccccc23)cc1. The Labute approximate surface area is 283 Å². The highest BCUT2D eigenvalue weighted by Gasteiger charge is 2.22. The molecule has 4 aromatic heterocycles. The van der Waals surface area contributed by atoms with E-state index in [0.29, 0.717) is 5.95 Å². The minimum Gasteiger partial charge on any atom is -0.456 e. The third-order valence-electron chi connectivity index (χ3n) is 9.89. The number of rotatable bonds is 3. The molecule has 0 radical (unpaired) electrons. The number of benzene rings is 7. The van der Waals surface area contributed by atoms with Gasteiger partial charge in [0.25, 0.3) is 0 Å². The molecule has 0 fully saturated rings. The highest BCUT2D eigenvalue weighted by Crippen LogP contribution is 2.42. The number of hydrogen-bond donors (Lipinski definition) is 0. The number of hydrogen-bond acceptors (Lipinski definition) is 4. The minimum atomic E-state index is -0.294. The lowest BCUT2D eigenvalue weighted by molar-refractivity contribution is 0.628. The van der Waals surface area contributed by atoms with Crippen LogP contribution < -0.4 is 0 Å². The van der Waals surface area contributed by atoms with Crippen molar-refractivity contribution >= 4 is 76.6 Å². The van der Waals surface area contributed by atoms with E-state index in [-0.39, 0.29) is 5.82 Å². The highest BCUT2D eigenvalue weighted by atomic mass is 19.1. The first kappa shape index (κ1) is 27.2. The van der Waals surface area contributed by atoms with Crippen molar-refractivity contribution in [3.63, 3.8) is 0 Å². The van der Waals surface area contributed by atoms with Gasteiger partial charge in [0, 0.05) is 43.3 Å². The molecule has 0 spiro atoms. The van der Waals surface area contributed by atoms with Crippen molar-refractivity contribution in [2.75, 3.05) is 0 Å². The second-order valence-electron chi connectivity index (χ2n) is 12.7. The summed E-state index contributed by atoms with van der Waals surface area (Å²) in [6, 6.07) is 47.9. The maximum atomic E-state index is 14.0. The summed E-state index contributed by atoms with van der Waals surface area (Å²) in [7, 11) is 0. The van der Waals surface area contributed by atoms with Crippen LogP contribution in [0.1, 0.15) is 0 Å². The van der Waals surface area contributed by atoms with Crippen LogP contribution in [0.4, 0.5) is 4.39 Å². The van der Waals surface area contributed by atoms with Gasteiger partial charge in [0.1, 0.15) is 28.1 Å². The molecule has 0 atom stereocenters. The van der Waals surface area contributed by atoms with Crippen LogP contribution in [0.25, 0.3) is 105 Å². The van der Waals surface area contributed by atoms with Crippen molar-refractivity contribution in [3.8, 4) is 28.3 Å². The van der Waals surface area contributed by atoms with Crippen LogP contribution in [0.15, 0.2) is 154 Å². The van der Waals surface area contributed by atoms with Crippen molar-refractivity contribution < 1.29 is 13.2 Å². The second kappa shape index (κ2) is 10.1. The summed E-state index contributed by atoms with van der Waals surface area (Å²) < 4.78 is 28.9. The van der Waals surface area contributed by atoms with Gasteiger partial charge in [-0.3, -0.25) is 4.57 Å². The summed E-state index contributed by atoms with van der Waals surface area (Å²) in [6.07, 6.45) is 0. The van der Waals surface area contributed by atoms with Gasteiger partial charge in [-0.2, -0.15) is 0 Å². The van der Waals surface area contributed by atoms with Gasteiger partial charge in [0.15, 0.2) is 5.58 Å². The second-order valence-corrected chi connectivity index (χ2v) is 12.7. The molecular formula is C44H24FN3O2. The third kappa shape index (κ3) is 3.87. The van der Waals surface area contributed by atoms with Gasteiger partial charge in [-0.25, -0.2) is 14.4 Å². The van der Waals surface area contributed by atoms with Crippen molar-refractivity contribution in [1.29, 1.82) is 0 Å². The average Bonchev–Trinajstić information content (AvgIpc) is 3.84. The van der Waals surface area contributed by atoms with Crippen LogP contribution in [0.5, 0.6) is 0 Å². The number of aromatic nitrogens is 3. The zero-order valence-electron chi connectivity index (χ0n) is 26.4. The van der Waals surface area contributed by atoms with Crippen LogP contribution >= 0.6 is 0 Å². The molecule has 0 unspecified atom stereocenters. The van der Waals surface area contributed by atoms with E-state index in [0.717, 1.165) is 99.0 Å². The van der Waals surface area contributed by atoms with E-state index >= 15 is 0 Å². The Kier molecular flexibility index (Phi) is 5.50. The van der Waals surface area contributed by atoms with Crippen LogP contribution in [0.3, 0.4) is 0 Å². The molecule has 4 heterocycles. The fourth-order valence-corrected chi connectivity index (χ4v) is 7.57. The molecule has 5 nitrogen and oxygen atoms in total. The van der Waals surface area contributed by atoms with Crippen molar-refractivity contribution in [1.82, 2.24) is 14.5 Å². The number of para-hydroxylation sites is 3. The molecule has 0 amide bonds. The Balaban J connectivity index is 1.23. The quantitative estimate of drug-likeness (QED) is 0.192. The summed E-state index contributed by atoms with van der Waals surface area (Å²) in [5.41, 5.74) is 9.69. The third-order valence-corrected chi connectivity index (χ3v) is 9.89. The molecule has 0 N–H and O–H groups in total. The van der Waals surface area contributed by atoms with Gasteiger partial charge in [0.05, 0.1) is 16.7 Å². The standard InChI is InChI=1S/C44H24FN3O2/c45-28-17-13-25(14-18-28)41-33-9-1-4-10-36(33)46-44(47-41)48-37-21-15-26(27-16-22-40-35(24-27)30-8-3-5-11-38(30)49-40)23-34(37)31-19-20-32-29-7-2-6-12-39(29)50-43(32)42(31)48/h1-24H. The molecule has 0 aliphatic carbocycles. The molecule has 234 valence electrons. The van der Waals surface area contributed by atoms with E-state index in [2.05, 4.69) is 65.2 Å². The van der Waals surface area contributed by atoms with Crippen molar-refractivity contribution in [2.45, 2.75) is 0 Å². The first-order chi connectivity index (χ1) is 24.7. The summed E-state index contributed by atoms with van der Waals surface area (Å²) in [6.45, 7) is 0. The topological polar surface area (TPSA) is 57.0 Å². The number of nitrogens with zero attached hydrogens (tertiary/aromatic N) is 3. The Bertz CT molecular complexity index is 3170. The molecule has 11 aromatic rings. The number of fused-ring (bicyclic) bond motifs is 11. The first-order valence-electron chi connectivity index (χ1n) is 16.5. The minimum absolute atomic E-state index is 0.294. The fourth-order valence-electron chi connectivity index (χ4n) is 7.57. The van der Waals surface area contributed by atoms with Crippen LogP contribution in [-0.4, -0.2) is 14.5 Å². The Morgan fingerprint density at radius 3 is 1.90 bits per heavy atom.